The maximum Gasteiger partial charge on any atom is 0.223 e. The maximum atomic E-state index is 12.4. The first-order valence-electron chi connectivity index (χ1n) is 9.89. The van der Waals surface area contributed by atoms with Crippen LogP contribution in [-0.2, 0) is 16.1 Å². The van der Waals surface area contributed by atoms with Crippen LogP contribution in [0.3, 0.4) is 0 Å². The number of para-hydroxylation sites is 1. The quantitative estimate of drug-likeness (QED) is 0.780. The van der Waals surface area contributed by atoms with E-state index in [1.165, 1.54) is 0 Å². The van der Waals surface area contributed by atoms with Gasteiger partial charge in [0, 0.05) is 44.7 Å². The molecule has 1 aromatic heterocycles. The number of rotatable bonds is 6. The zero-order valence-corrected chi connectivity index (χ0v) is 15.7. The van der Waals surface area contributed by atoms with Gasteiger partial charge < -0.3 is 4.90 Å². The fraction of sp³-hybridized carbons (Fsp3) is 0.550. The van der Waals surface area contributed by atoms with E-state index in [4.69, 9.17) is 4.84 Å². The first-order chi connectivity index (χ1) is 13.3. The number of hydrogen-bond donors (Lipinski definition) is 0. The first kappa shape index (κ1) is 18.1. The molecule has 1 aromatic carbocycles. The number of nitrogens with zero attached hydrogens (tertiary/aromatic N) is 5. The zero-order chi connectivity index (χ0) is 18.5. The third-order valence-electron chi connectivity index (χ3n) is 5.49. The molecule has 2 fully saturated rings. The highest BCUT2D eigenvalue weighted by atomic mass is 16.7. The van der Waals surface area contributed by atoms with Crippen molar-refractivity contribution in [2.24, 2.45) is 5.92 Å². The Labute approximate surface area is 159 Å². The van der Waals surface area contributed by atoms with Crippen molar-refractivity contribution in [1.82, 2.24) is 24.7 Å². The minimum Gasteiger partial charge on any atom is -0.343 e. The molecule has 27 heavy (non-hydrogen) atoms. The van der Waals surface area contributed by atoms with Crippen molar-refractivity contribution in [2.45, 2.75) is 32.1 Å². The molecule has 7 heteroatoms. The van der Waals surface area contributed by atoms with E-state index in [0.29, 0.717) is 18.9 Å². The van der Waals surface area contributed by atoms with Gasteiger partial charge in [0.15, 0.2) is 0 Å². The van der Waals surface area contributed by atoms with Crippen LogP contribution in [0.25, 0.3) is 5.69 Å². The van der Waals surface area contributed by atoms with Crippen molar-refractivity contribution >= 4 is 5.91 Å². The van der Waals surface area contributed by atoms with Crippen LogP contribution in [0, 0.1) is 5.92 Å². The van der Waals surface area contributed by atoms with E-state index in [1.54, 1.807) is 6.33 Å². The number of carbonyl (C=O) groups is 1. The number of piperidine rings is 1. The maximum absolute atomic E-state index is 12.4. The molecular formula is C20H27N5O2. The third-order valence-corrected chi connectivity index (χ3v) is 5.49. The van der Waals surface area contributed by atoms with Crippen molar-refractivity contribution in [2.75, 3.05) is 32.8 Å². The number of likely N-dealkylation sites (tertiary alicyclic amines) is 1. The molecule has 0 atom stereocenters. The second-order valence-electron chi connectivity index (χ2n) is 7.35. The third kappa shape index (κ3) is 4.54. The molecule has 2 aliphatic rings. The Morgan fingerprint density at radius 1 is 1.15 bits per heavy atom. The lowest BCUT2D eigenvalue weighted by Crippen LogP contribution is -2.40. The molecule has 3 heterocycles. The van der Waals surface area contributed by atoms with E-state index in [-0.39, 0.29) is 5.91 Å². The van der Waals surface area contributed by atoms with Gasteiger partial charge in [-0.2, -0.15) is 5.06 Å². The fourth-order valence-corrected chi connectivity index (χ4v) is 3.90. The molecule has 2 saturated heterocycles. The monoisotopic (exact) mass is 369 g/mol. The molecule has 1 amide bonds. The average Bonchev–Trinajstić information content (AvgIpc) is 3.39. The largest absolute Gasteiger partial charge is 0.343 e. The molecule has 0 bridgehead atoms. The van der Waals surface area contributed by atoms with Gasteiger partial charge in [0.25, 0.3) is 0 Å². The molecule has 144 valence electrons. The topological polar surface area (TPSA) is 63.5 Å². The predicted molar refractivity (Wildman–Crippen MR) is 101 cm³/mol. The highest BCUT2D eigenvalue weighted by Crippen LogP contribution is 2.22. The van der Waals surface area contributed by atoms with Crippen molar-refractivity contribution in [3.8, 4) is 5.69 Å². The van der Waals surface area contributed by atoms with Gasteiger partial charge in [0.2, 0.25) is 5.91 Å². The second-order valence-corrected chi connectivity index (χ2v) is 7.35. The number of aromatic nitrogens is 3. The van der Waals surface area contributed by atoms with Crippen molar-refractivity contribution in [3.63, 3.8) is 0 Å². The highest BCUT2D eigenvalue weighted by Gasteiger charge is 2.25. The summed E-state index contributed by atoms with van der Waals surface area (Å²) < 4.78 is 2.06. The standard InChI is InChI=1S/C20H27N5O2/c26-20(9-13-24-10-4-14-27-24)23-11-7-17(8-12-23)15-19-22-21-16-25(19)18-5-2-1-3-6-18/h1-3,5-6,16-17H,4,7-15H2. The van der Waals surface area contributed by atoms with Gasteiger partial charge in [0.05, 0.1) is 6.61 Å². The Hall–Kier alpha value is -2.25. The number of hydrogen-bond acceptors (Lipinski definition) is 5. The smallest absolute Gasteiger partial charge is 0.223 e. The van der Waals surface area contributed by atoms with Crippen LogP contribution in [-0.4, -0.2) is 63.4 Å². The van der Waals surface area contributed by atoms with Crippen molar-refractivity contribution in [1.29, 1.82) is 0 Å². The van der Waals surface area contributed by atoms with E-state index in [2.05, 4.69) is 26.9 Å². The molecule has 4 rings (SSSR count). The molecule has 7 nitrogen and oxygen atoms in total. The van der Waals surface area contributed by atoms with Crippen LogP contribution in [0.5, 0.6) is 0 Å². The summed E-state index contributed by atoms with van der Waals surface area (Å²) in [5, 5.41) is 10.3. The molecular weight excluding hydrogens is 342 g/mol. The summed E-state index contributed by atoms with van der Waals surface area (Å²) in [4.78, 5) is 19.9. The Kier molecular flexibility index (Phi) is 5.79. The molecule has 0 radical (unpaired) electrons. The van der Waals surface area contributed by atoms with Gasteiger partial charge in [-0.15, -0.1) is 10.2 Å². The molecule has 2 aromatic rings. The van der Waals surface area contributed by atoms with Crippen LogP contribution in [0.15, 0.2) is 36.7 Å². The minimum absolute atomic E-state index is 0.247. The summed E-state index contributed by atoms with van der Waals surface area (Å²) in [5.41, 5.74) is 1.09. The Morgan fingerprint density at radius 3 is 2.70 bits per heavy atom. The Bertz CT molecular complexity index is 734. The number of hydroxylamine groups is 2. The SMILES string of the molecule is O=C(CCN1CCCO1)N1CCC(Cc2nncn2-c2ccccc2)CC1. The summed E-state index contributed by atoms with van der Waals surface area (Å²) in [6.45, 7) is 4.11. The molecule has 0 saturated carbocycles. The van der Waals surface area contributed by atoms with Gasteiger partial charge in [-0.25, -0.2) is 0 Å². The second kappa shape index (κ2) is 8.63. The summed E-state index contributed by atoms with van der Waals surface area (Å²) in [6.07, 6.45) is 6.34. The van der Waals surface area contributed by atoms with Crippen LogP contribution >= 0.6 is 0 Å². The lowest BCUT2D eigenvalue weighted by Gasteiger charge is -2.32. The molecule has 0 aliphatic carbocycles. The van der Waals surface area contributed by atoms with E-state index in [1.807, 2.05) is 28.2 Å². The fourth-order valence-electron chi connectivity index (χ4n) is 3.90. The van der Waals surface area contributed by atoms with Gasteiger partial charge in [0.1, 0.15) is 12.2 Å². The summed E-state index contributed by atoms with van der Waals surface area (Å²) >= 11 is 0. The highest BCUT2D eigenvalue weighted by molar-refractivity contribution is 5.76. The normalized spacial score (nSPS) is 18.9. The number of benzene rings is 1. The van der Waals surface area contributed by atoms with Crippen LogP contribution in [0.1, 0.15) is 31.5 Å². The molecule has 0 N–H and O–H groups in total. The van der Waals surface area contributed by atoms with Gasteiger partial charge in [-0.3, -0.25) is 14.2 Å². The number of carbonyl (C=O) groups excluding carboxylic acids is 1. The molecule has 0 spiro atoms. The first-order valence-corrected chi connectivity index (χ1v) is 9.89. The van der Waals surface area contributed by atoms with Crippen LogP contribution < -0.4 is 0 Å². The van der Waals surface area contributed by atoms with E-state index in [0.717, 1.165) is 63.4 Å². The average molecular weight is 369 g/mol. The van der Waals surface area contributed by atoms with Crippen LogP contribution in [0.2, 0.25) is 0 Å². The van der Waals surface area contributed by atoms with Crippen molar-refractivity contribution in [3.05, 3.63) is 42.5 Å². The molecule has 0 unspecified atom stereocenters. The summed E-state index contributed by atoms with van der Waals surface area (Å²) in [5.74, 6) is 1.79. The summed E-state index contributed by atoms with van der Waals surface area (Å²) in [6, 6.07) is 10.2. The Balaban J connectivity index is 1.26. The van der Waals surface area contributed by atoms with E-state index < -0.39 is 0 Å². The molecule has 2 aliphatic heterocycles. The predicted octanol–water partition coefficient (Wildman–Crippen LogP) is 2.08. The summed E-state index contributed by atoms with van der Waals surface area (Å²) in [7, 11) is 0. The zero-order valence-electron chi connectivity index (χ0n) is 15.7. The van der Waals surface area contributed by atoms with E-state index in [9.17, 15) is 4.79 Å². The van der Waals surface area contributed by atoms with Crippen LogP contribution in [0.4, 0.5) is 0 Å². The number of amides is 1. The minimum atomic E-state index is 0.247. The van der Waals surface area contributed by atoms with E-state index >= 15 is 0 Å². The lowest BCUT2D eigenvalue weighted by molar-refractivity contribution is -0.139. The van der Waals surface area contributed by atoms with Gasteiger partial charge in [-0.05, 0) is 37.3 Å². The van der Waals surface area contributed by atoms with Gasteiger partial charge in [-0.1, -0.05) is 18.2 Å². The Morgan fingerprint density at radius 2 is 1.96 bits per heavy atom. The lowest BCUT2D eigenvalue weighted by atomic mass is 9.93. The van der Waals surface area contributed by atoms with Gasteiger partial charge >= 0.3 is 0 Å². The van der Waals surface area contributed by atoms with Crippen molar-refractivity contribution < 1.29 is 9.63 Å².